The van der Waals surface area contributed by atoms with E-state index >= 15 is 0 Å². The number of aryl methyl sites for hydroxylation is 1. The SMILES string of the molecule is CCCCC(C)c1nc2cc(CC)cc(Br)n2n1. The third kappa shape index (κ3) is 2.74. The summed E-state index contributed by atoms with van der Waals surface area (Å²) in [6.07, 6.45) is 4.63. The average molecular weight is 310 g/mol. The molecule has 1 unspecified atom stereocenters. The number of fused-ring (bicyclic) bond motifs is 1. The molecule has 0 spiro atoms. The Morgan fingerprint density at radius 3 is 2.78 bits per heavy atom. The lowest BCUT2D eigenvalue weighted by atomic mass is 10.0. The van der Waals surface area contributed by atoms with E-state index < -0.39 is 0 Å². The molecule has 0 amide bonds. The van der Waals surface area contributed by atoms with E-state index in [2.05, 4.69) is 58.9 Å². The Morgan fingerprint density at radius 2 is 2.11 bits per heavy atom. The molecular weight excluding hydrogens is 290 g/mol. The van der Waals surface area contributed by atoms with Gasteiger partial charge in [-0.3, -0.25) is 0 Å². The largest absolute Gasteiger partial charge is 0.212 e. The van der Waals surface area contributed by atoms with E-state index in [9.17, 15) is 0 Å². The lowest BCUT2D eigenvalue weighted by molar-refractivity contribution is 0.595. The maximum atomic E-state index is 4.66. The lowest BCUT2D eigenvalue weighted by Crippen LogP contribution is -1.97. The van der Waals surface area contributed by atoms with Gasteiger partial charge in [0.25, 0.3) is 0 Å². The summed E-state index contributed by atoms with van der Waals surface area (Å²) < 4.78 is 2.87. The van der Waals surface area contributed by atoms with Crippen molar-refractivity contribution in [3.63, 3.8) is 0 Å². The number of hydrogen-bond donors (Lipinski definition) is 0. The van der Waals surface area contributed by atoms with Crippen LogP contribution in [0, 0.1) is 0 Å². The molecule has 0 fully saturated rings. The van der Waals surface area contributed by atoms with Gasteiger partial charge in [-0.25, -0.2) is 9.50 Å². The van der Waals surface area contributed by atoms with Crippen LogP contribution in [0.1, 0.15) is 57.3 Å². The van der Waals surface area contributed by atoms with Crippen molar-refractivity contribution in [3.05, 3.63) is 28.1 Å². The monoisotopic (exact) mass is 309 g/mol. The third-order valence-corrected chi connectivity index (χ3v) is 3.87. The molecule has 3 nitrogen and oxygen atoms in total. The van der Waals surface area contributed by atoms with Crippen molar-refractivity contribution in [2.75, 3.05) is 0 Å². The Hall–Kier alpha value is -0.900. The molecule has 0 saturated carbocycles. The van der Waals surface area contributed by atoms with Crippen molar-refractivity contribution in [2.24, 2.45) is 0 Å². The number of unbranched alkanes of at least 4 members (excludes halogenated alkanes) is 1. The summed E-state index contributed by atoms with van der Waals surface area (Å²) in [6.45, 7) is 6.58. The van der Waals surface area contributed by atoms with Crippen LogP contribution in [0.2, 0.25) is 0 Å². The van der Waals surface area contributed by atoms with Crippen molar-refractivity contribution in [3.8, 4) is 0 Å². The van der Waals surface area contributed by atoms with E-state index in [1.165, 1.54) is 18.4 Å². The molecule has 0 bridgehead atoms. The van der Waals surface area contributed by atoms with Crippen LogP contribution in [-0.4, -0.2) is 14.6 Å². The van der Waals surface area contributed by atoms with E-state index in [0.717, 1.165) is 28.9 Å². The van der Waals surface area contributed by atoms with Gasteiger partial charge < -0.3 is 0 Å². The van der Waals surface area contributed by atoms with Crippen LogP contribution in [0.5, 0.6) is 0 Å². The summed E-state index contributed by atoms with van der Waals surface area (Å²) in [5.41, 5.74) is 2.23. The molecule has 0 aliphatic carbocycles. The second-order valence-electron chi connectivity index (χ2n) is 4.82. The number of nitrogens with zero attached hydrogens (tertiary/aromatic N) is 3. The second-order valence-corrected chi connectivity index (χ2v) is 5.64. The first kappa shape index (κ1) is 13.5. The highest BCUT2D eigenvalue weighted by Crippen LogP contribution is 2.22. The van der Waals surface area contributed by atoms with Crippen LogP contribution >= 0.6 is 15.9 Å². The van der Waals surface area contributed by atoms with Gasteiger partial charge in [0.2, 0.25) is 0 Å². The molecule has 4 heteroatoms. The van der Waals surface area contributed by atoms with Crippen LogP contribution in [0.25, 0.3) is 5.65 Å². The number of rotatable bonds is 5. The summed E-state index contributed by atoms with van der Waals surface area (Å²) in [5, 5.41) is 4.60. The zero-order valence-electron chi connectivity index (χ0n) is 11.3. The van der Waals surface area contributed by atoms with Crippen LogP contribution in [0.3, 0.4) is 0 Å². The number of aromatic nitrogens is 3. The van der Waals surface area contributed by atoms with Crippen molar-refractivity contribution < 1.29 is 0 Å². The molecule has 2 heterocycles. The van der Waals surface area contributed by atoms with Crippen molar-refractivity contribution in [1.29, 1.82) is 0 Å². The lowest BCUT2D eigenvalue weighted by Gasteiger charge is -2.04. The molecule has 2 aromatic rings. The molecule has 18 heavy (non-hydrogen) atoms. The van der Waals surface area contributed by atoms with Gasteiger partial charge in [-0.2, -0.15) is 0 Å². The zero-order chi connectivity index (χ0) is 13.1. The average Bonchev–Trinajstić information content (AvgIpc) is 2.80. The minimum absolute atomic E-state index is 0.432. The molecule has 0 aromatic carbocycles. The molecular formula is C14H20BrN3. The maximum Gasteiger partial charge on any atom is 0.157 e. The Bertz CT molecular complexity index is 533. The fourth-order valence-electron chi connectivity index (χ4n) is 2.07. The van der Waals surface area contributed by atoms with Gasteiger partial charge in [0.1, 0.15) is 4.60 Å². The van der Waals surface area contributed by atoms with Gasteiger partial charge in [-0.15, -0.1) is 5.10 Å². The van der Waals surface area contributed by atoms with Crippen LogP contribution < -0.4 is 0 Å². The first-order chi connectivity index (χ1) is 8.65. The fourth-order valence-corrected chi connectivity index (χ4v) is 2.62. The minimum atomic E-state index is 0.432. The first-order valence-corrected chi connectivity index (χ1v) is 7.50. The standard InChI is InChI=1S/C14H20BrN3/c1-4-6-7-10(3)14-16-13-9-11(5-2)8-12(15)18(13)17-14/h8-10H,4-7H2,1-3H3. The van der Waals surface area contributed by atoms with Gasteiger partial charge in [-0.1, -0.05) is 33.6 Å². The smallest absolute Gasteiger partial charge is 0.157 e. The predicted molar refractivity (Wildman–Crippen MR) is 78.0 cm³/mol. The summed E-state index contributed by atoms with van der Waals surface area (Å²) in [5.74, 6) is 1.39. The van der Waals surface area contributed by atoms with E-state index in [-0.39, 0.29) is 0 Å². The Labute approximate surface area is 117 Å². The normalized spacial score (nSPS) is 13.1. The van der Waals surface area contributed by atoms with Crippen LogP contribution in [-0.2, 0) is 6.42 Å². The summed E-state index contributed by atoms with van der Waals surface area (Å²) >= 11 is 3.56. The van der Waals surface area contributed by atoms with E-state index in [4.69, 9.17) is 0 Å². The summed E-state index contributed by atoms with van der Waals surface area (Å²) in [6, 6.07) is 4.23. The van der Waals surface area contributed by atoms with Crippen molar-refractivity contribution >= 4 is 21.6 Å². The zero-order valence-corrected chi connectivity index (χ0v) is 12.9. The number of hydrogen-bond acceptors (Lipinski definition) is 2. The molecule has 0 saturated heterocycles. The first-order valence-electron chi connectivity index (χ1n) is 6.70. The van der Waals surface area contributed by atoms with Gasteiger partial charge in [0, 0.05) is 5.92 Å². The van der Waals surface area contributed by atoms with Gasteiger partial charge in [-0.05, 0) is 46.5 Å². The molecule has 98 valence electrons. The number of pyridine rings is 1. The highest BCUT2D eigenvalue weighted by Gasteiger charge is 2.13. The van der Waals surface area contributed by atoms with Crippen molar-refractivity contribution in [2.45, 2.75) is 52.4 Å². The molecule has 0 aliphatic rings. The maximum absolute atomic E-state index is 4.66. The van der Waals surface area contributed by atoms with Gasteiger partial charge in [0.15, 0.2) is 11.5 Å². The van der Waals surface area contributed by atoms with Gasteiger partial charge in [0.05, 0.1) is 0 Å². The fraction of sp³-hybridized carbons (Fsp3) is 0.571. The van der Waals surface area contributed by atoms with E-state index in [1.807, 2.05) is 4.52 Å². The summed E-state index contributed by atoms with van der Waals surface area (Å²) in [7, 11) is 0. The quantitative estimate of drug-likeness (QED) is 0.769. The van der Waals surface area contributed by atoms with Gasteiger partial charge >= 0.3 is 0 Å². The van der Waals surface area contributed by atoms with Crippen molar-refractivity contribution in [1.82, 2.24) is 14.6 Å². The number of halogens is 1. The van der Waals surface area contributed by atoms with Crippen LogP contribution in [0.15, 0.2) is 16.7 Å². The predicted octanol–water partition coefficient (Wildman–Crippen LogP) is 4.35. The van der Waals surface area contributed by atoms with E-state index in [1.54, 1.807) is 0 Å². The molecule has 0 radical (unpaired) electrons. The Balaban J connectivity index is 2.34. The molecule has 1 atom stereocenters. The molecule has 2 aromatic heterocycles. The highest BCUT2D eigenvalue weighted by molar-refractivity contribution is 9.10. The summed E-state index contributed by atoms with van der Waals surface area (Å²) in [4.78, 5) is 4.66. The second kappa shape index (κ2) is 5.83. The van der Waals surface area contributed by atoms with Crippen LogP contribution in [0.4, 0.5) is 0 Å². The molecule has 0 aliphatic heterocycles. The Kier molecular flexibility index (Phi) is 4.38. The topological polar surface area (TPSA) is 30.2 Å². The molecule has 2 rings (SSSR count). The minimum Gasteiger partial charge on any atom is -0.212 e. The highest BCUT2D eigenvalue weighted by atomic mass is 79.9. The Morgan fingerprint density at radius 1 is 1.33 bits per heavy atom. The van der Waals surface area contributed by atoms with E-state index in [0.29, 0.717) is 5.92 Å². The molecule has 0 N–H and O–H groups in total. The third-order valence-electron chi connectivity index (χ3n) is 3.31.